The molecule has 47 heavy (non-hydrogen) atoms. The molecule has 2 aromatic carbocycles. The Hall–Kier alpha value is -2.70. The highest BCUT2D eigenvalue weighted by molar-refractivity contribution is 7.89. The first-order valence-corrected chi connectivity index (χ1v) is 18.6. The van der Waals surface area contributed by atoms with Crippen LogP contribution in [0, 0.1) is 11.8 Å². The summed E-state index contributed by atoms with van der Waals surface area (Å²) in [5.41, 5.74) is 0.813. The van der Waals surface area contributed by atoms with Crippen LogP contribution in [0.4, 0.5) is 5.69 Å². The summed E-state index contributed by atoms with van der Waals surface area (Å²) in [6.45, 7) is 6.03. The summed E-state index contributed by atoms with van der Waals surface area (Å²) < 4.78 is 40.7. The summed E-state index contributed by atoms with van der Waals surface area (Å²) in [5, 5.41) is 13.7. The topological polar surface area (TPSA) is 125 Å². The van der Waals surface area contributed by atoms with Crippen molar-refractivity contribution in [3.63, 3.8) is 0 Å². The Kier molecular flexibility index (Phi) is 13.5. The third kappa shape index (κ3) is 9.92. The van der Waals surface area contributed by atoms with Crippen molar-refractivity contribution >= 4 is 39.1 Å². The second-order valence-corrected chi connectivity index (χ2v) is 15.6. The van der Waals surface area contributed by atoms with Gasteiger partial charge in [0.1, 0.15) is 5.75 Å². The quantitative estimate of drug-likeness (QED) is 0.349. The Morgan fingerprint density at radius 3 is 2.43 bits per heavy atom. The van der Waals surface area contributed by atoms with Gasteiger partial charge in [-0.3, -0.25) is 9.59 Å². The van der Waals surface area contributed by atoms with E-state index in [4.69, 9.17) is 21.1 Å². The number of rotatable bonds is 8. The average molecular weight is 692 g/mol. The highest BCUT2D eigenvalue weighted by Crippen LogP contribution is 2.30. The van der Waals surface area contributed by atoms with Crippen LogP contribution in [0.3, 0.4) is 0 Å². The predicted molar refractivity (Wildman–Crippen MR) is 183 cm³/mol. The van der Waals surface area contributed by atoms with Crippen LogP contribution in [0.1, 0.15) is 82.5 Å². The fourth-order valence-corrected chi connectivity index (χ4v) is 7.52. The second kappa shape index (κ2) is 17.1. The van der Waals surface area contributed by atoms with Crippen molar-refractivity contribution in [2.45, 2.75) is 95.3 Å². The molecule has 1 aliphatic carbocycles. The third-order valence-electron chi connectivity index (χ3n) is 9.25. The number of nitrogens with one attached hydrogen (secondary N) is 1. The molecule has 260 valence electrons. The van der Waals surface area contributed by atoms with Crippen molar-refractivity contribution in [2.75, 3.05) is 38.7 Å². The molecule has 0 unspecified atom stereocenters. The molecule has 2 aliphatic rings. The van der Waals surface area contributed by atoms with Gasteiger partial charge in [0.15, 0.2) is 0 Å². The minimum atomic E-state index is -3.83. The zero-order chi connectivity index (χ0) is 34.1. The van der Waals surface area contributed by atoms with E-state index in [1.165, 1.54) is 35.6 Å². The van der Waals surface area contributed by atoms with Crippen molar-refractivity contribution in [1.29, 1.82) is 0 Å². The van der Waals surface area contributed by atoms with Crippen LogP contribution in [-0.2, 0) is 19.6 Å². The number of amides is 2. The third-order valence-corrected chi connectivity index (χ3v) is 11.3. The first-order chi connectivity index (χ1) is 22.4. The highest BCUT2D eigenvalue weighted by atomic mass is 35.5. The van der Waals surface area contributed by atoms with Crippen molar-refractivity contribution < 1.29 is 32.6 Å². The summed E-state index contributed by atoms with van der Waals surface area (Å²) in [6.07, 6.45) is 6.47. The number of ether oxygens (including phenoxy) is 2. The number of benzene rings is 2. The average Bonchev–Trinajstić information content (AvgIpc) is 3.06. The predicted octanol–water partition coefficient (Wildman–Crippen LogP) is 5.98. The van der Waals surface area contributed by atoms with Crippen molar-refractivity contribution in [1.82, 2.24) is 9.21 Å². The van der Waals surface area contributed by atoms with E-state index in [0.29, 0.717) is 28.6 Å². The number of nitrogens with zero attached hydrogens (tertiary/aromatic N) is 2. The minimum Gasteiger partial charge on any atom is -0.490 e. The van der Waals surface area contributed by atoms with Gasteiger partial charge in [-0.05, 0) is 88.4 Å². The normalized spacial score (nSPS) is 23.0. The number of carbonyl (C=O) groups excluding carboxylic acids is 2. The summed E-state index contributed by atoms with van der Waals surface area (Å²) in [7, 11) is -2.32. The van der Waals surface area contributed by atoms with Crippen LogP contribution in [0.15, 0.2) is 47.4 Å². The van der Waals surface area contributed by atoms with E-state index >= 15 is 0 Å². The molecule has 1 saturated carbocycles. The Morgan fingerprint density at radius 2 is 1.74 bits per heavy atom. The van der Waals surface area contributed by atoms with Crippen LogP contribution >= 0.6 is 11.6 Å². The summed E-state index contributed by atoms with van der Waals surface area (Å²) in [4.78, 5) is 29.1. The lowest BCUT2D eigenvalue weighted by atomic mass is 9.88. The molecular weight excluding hydrogens is 642 g/mol. The Bertz CT molecular complexity index is 1450. The molecule has 0 bridgehead atoms. The molecule has 0 saturated heterocycles. The van der Waals surface area contributed by atoms with Crippen LogP contribution < -0.4 is 10.1 Å². The number of carbonyl (C=O) groups is 2. The van der Waals surface area contributed by atoms with Crippen molar-refractivity contribution in [3.05, 3.63) is 53.1 Å². The number of aliphatic hydroxyl groups excluding tert-OH is 1. The van der Waals surface area contributed by atoms with Gasteiger partial charge in [0.2, 0.25) is 15.9 Å². The van der Waals surface area contributed by atoms with Gasteiger partial charge in [-0.15, -0.1) is 0 Å². The molecule has 0 radical (unpaired) electrons. The standard InChI is InChI=1S/C35H50ClN3O7S/c1-24-21-39(25(2)23-40)35(42)31-20-29(37-34(41)27-11-6-5-7-12-27)15-18-32(31)46-26(3)10-8-9-19-45-33(24)22-38(4)47(43,44)30-16-13-28(36)14-17-30/h13-18,20,24-27,33,40H,5-12,19,21-23H2,1-4H3,(H,37,41)/t24-,25+,26-,33+/m1/s1. The molecule has 2 aromatic rings. The van der Waals surface area contributed by atoms with Crippen LogP contribution in [0.2, 0.25) is 5.02 Å². The first kappa shape index (κ1) is 37.1. The van der Waals surface area contributed by atoms with E-state index in [9.17, 15) is 23.1 Å². The maximum atomic E-state index is 14.4. The summed E-state index contributed by atoms with van der Waals surface area (Å²) in [5.74, 6) is -0.336. The first-order valence-electron chi connectivity index (χ1n) is 16.8. The molecule has 0 aromatic heterocycles. The van der Waals surface area contributed by atoms with Crippen LogP contribution in [0.25, 0.3) is 0 Å². The van der Waals surface area contributed by atoms with E-state index < -0.39 is 22.2 Å². The summed E-state index contributed by atoms with van der Waals surface area (Å²) >= 11 is 5.99. The maximum absolute atomic E-state index is 14.4. The van der Waals surface area contributed by atoms with E-state index in [2.05, 4.69) is 5.32 Å². The smallest absolute Gasteiger partial charge is 0.258 e. The molecule has 2 N–H and O–H groups in total. The number of halogens is 1. The van der Waals surface area contributed by atoms with Gasteiger partial charge in [-0.1, -0.05) is 37.8 Å². The number of aliphatic hydroxyl groups is 1. The van der Waals surface area contributed by atoms with Gasteiger partial charge < -0.3 is 24.8 Å². The lowest BCUT2D eigenvalue weighted by Crippen LogP contribution is -2.48. The monoisotopic (exact) mass is 691 g/mol. The molecule has 1 heterocycles. The van der Waals surface area contributed by atoms with E-state index in [1.807, 2.05) is 13.8 Å². The molecule has 10 nitrogen and oxygen atoms in total. The second-order valence-electron chi connectivity index (χ2n) is 13.1. The Morgan fingerprint density at radius 1 is 1.06 bits per heavy atom. The van der Waals surface area contributed by atoms with Crippen molar-refractivity contribution in [3.8, 4) is 5.75 Å². The zero-order valence-electron chi connectivity index (χ0n) is 28.0. The SMILES string of the molecule is C[C@@H]1CCCCO[C@@H](CN(C)S(=O)(=O)c2ccc(Cl)cc2)[C@H](C)CN([C@@H](C)CO)C(=O)c2cc(NC(=O)C3CCCCC3)ccc2O1. The molecule has 1 aliphatic heterocycles. The molecular formula is C35H50ClN3O7S. The minimum absolute atomic E-state index is 0.0425. The molecule has 12 heteroatoms. The van der Waals surface area contributed by atoms with E-state index in [0.717, 1.165) is 51.4 Å². The fourth-order valence-electron chi connectivity index (χ4n) is 6.21. The molecule has 2 amide bonds. The molecule has 1 fully saturated rings. The number of anilines is 1. The summed E-state index contributed by atoms with van der Waals surface area (Å²) in [6, 6.07) is 10.6. The Labute approximate surface area is 284 Å². The highest BCUT2D eigenvalue weighted by Gasteiger charge is 2.33. The van der Waals surface area contributed by atoms with E-state index in [1.54, 1.807) is 30.0 Å². The maximum Gasteiger partial charge on any atom is 0.258 e. The fraction of sp³-hybridized carbons (Fsp3) is 0.600. The van der Waals surface area contributed by atoms with Gasteiger partial charge >= 0.3 is 0 Å². The molecule has 0 spiro atoms. The Balaban J connectivity index is 1.62. The largest absolute Gasteiger partial charge is 0.490 e. The van der Waals surface area contributed by atoms with Crippen LogP contribution in [0.5, 0.6) is 5.75 Å². The molecule has 4 rings (SSSR count). The van der Waals surface area contributed by atoms with Crippen molar-refractivity contribution in [2.24, 2.45) is 11.8 Å². The zero-order valence-corrected chi connectivity index (χ0v) is 29.6. The number of likely N-dealkylation sites (N-methyl/N-ethyl adjacent to an activating group) is 1. The number of fused-ring (bicyclic) bond motifs is 1. The van der Waals surface area contributed by atoms with Gasteiger partial charge in [0.05, 0.1) is 35.3 Å². The number of hydrogen-bond acceptors (Lipinski definition) is 7. The number of sulfonamides is 1. The lowest BCUT2D eigenvalue weighted by Gasteiger charge is -2.35. The van der Waals surface area contributed by atoms with Gasteiger partial charge in [-0.2, -0.15) is 4.31 Å². The van der Waals surface area contributed by atoms with Gasteiger partial charge in [-0.25, -0.2) is 8.42 Å². The van der Waals surface area contributed by atoms with Crippen LogP contribution in [-0.4, -0.2) is 86.1 Å². The molecule has 4 atom stereocenters. The lowest BCUT2D eigenvalue weighted by molar-refractivity contribution is -0.120. The van der Waals surface area contributed by atoms with Gasteiger partial charge in [0, 0.05) is 49.3 Å². The number of hydrogen-bond donors (Lipinski definition) is 2. The van der Waals surface area contributed by atoms with Gasteiger partial charge in [0.25, 0.3) is 5.91 Å². The van der Waals surface area contributed by atoms with E-state index in [-0.39, 0.29) is 54.3 Å².